The lowest BCUT2D eigenvalue weighted by molar-refractivity contribution is -0.140. The minimum atomic E-state index is -0.883. The molecule has 2 aliphatic carbocycles. The van der Waals surface area contributed by atoms with E-state index in [0.717, 1.165) is 52.6 Å². The number of carboxylic acids is 1. The van der Waals surface area contributed by atoms with Gasteiger partial charge < -0.3 is 10.1 Å². The number of carboxylic acid groups (broad SMARTS) is 1. The third-order valence-electron chi connectivity index (χ3n) is 4.73. The van der Waals surface area contributed by atoms with Gasteiger partial charge in [-0.05, 0) is 36.5 Å². The van der Waals surface area contributed by atoms with Crippen LogP contribution in [0.1, 0.15) is 36.4 Å². The minimum Gasteiger partial charge on any atom is -0.481 e. The highest BCUT2D eigenvalue weighted by atomic mass is 16.4. The van der Waals surface area contributed by atoms with E-state index < -0.39 is 17.8 Å². The molecule has 4 nitrogen and oxygen atoms in total. The van der Waals surface area contributed by atoms with E-state index in [9.17, 15) is 15.2 Å². The van der Waals surface area contributed by atoms with Crippen LogP contribution in [0.25, 0.3) is 16.5 Å². The number of aliphatic carboxylic acids is 1. The Morgan fingerprint density at radius 3 is 2.90 bits per heavy atom. The SMILES string of the molecule is N#CC1c2c([nH]c3ccccc23)C2=C(CCC2)C1C(=O)O. The van der Waals surface area contributed by atoms with Crippen LogP contribution < -0.4 is 0 Å². The summed E-state index contributed by atoms with van der Waals surface area (Å²) in [6.45, 7) is 0. The lowest BCUT2D eigenvalue weighted by atomic mass is 9.74. The smallest absolute Gasteiger partial charge is 0.312 e. The number of rotatable bonds is 1. The predicted molar refractivity (Wildman–Crippen MR) is 78.5 cm³/mol. The number of fused-ring (bicyclic) bond motifs is 4. The fraction of sp³-hybridized carbons (Fsp3) is 0.294. The van der Waals surface area contributed by atoms with Crippen molar-refractivity contribution in [3.8, 4) is 6.07 Å². The van der Waals surface area contributed by atoms with Crippen molar-refractivity contribution in [2.45, 2.75) is 25.2 Å². The third-order valence-corrected chi connectivity index (χ3v) is 4.73. The molecule has 1 heterocycles. The van der Waals surface area contributed by atoms with Crippen LogP contribution in [0.15, 0.2) is 29.8 Å². The van der Waals surface area contributed by atoms with E-state index in [4.69, 9.17) is 0 Å². The van der Waals surface area contributed by atoms with Crippen LogP contribution in [-0.2, 0) is 4.79 Å². The van der Waals surface area contributed by atoms with Crippen molar-refractivity contribution in [3.05, 3.63) is 41.1 Å². The number of nitriles is 1. The number of nitrogens with zero attached hydrogens (tertiary/aromatic N) is 1. The predicted octanol–water partition coefficient (Wildman–Crippen LogP) is 3.43. The number of benzene rings is 1. The fourth-order valence-electron chi connectivity index (χ4n) is 3.92. The van der Waals surface area contributed by atoms with Crippen LogP contribution >= 0.6 is 0 Å². The van der Waals surface area contributed by atoms with Gasteiger partial charge in [-0.15, -0.1) is 0 Å². The molecule has 0 bridgehead atoms. The van der Waals surface area contributed by atoms with Gasteiger partial charge in [-0.25, -0.2) is 0 Å². The highest BCUT2D eigenvalue weighted by Gasteiger charge is 2.43. The summed E-state index contributed by atoms with van der Waals surface area (Å²) < 4.78 is 0. The molecule has 2 unspecified atom stereocenters. The molecule has 0 saturated heterocycles. The summed E-state index contributed by atoms with van der Waals surface area (Å²) in [5, 5.41) is 20.2. The second-order valence-electron chi connectivity index (χ2n) is 5.74. The molecular weight excluding hydrogens is 264 g/mol. The van der Waals surface area contributed by atoms with E-state index in [2.05, 4.69) is 11.1 Å². The summed E-state index contributed by atoms with van der Waals surface area (Å²) in [5.41, 5.74) is 4.93. The molecule has 0 amide bonds. The second kappa shape index (κ2) is 4.23. The number of aromatic amines is 1. The molecule has 0 spiro atoms. The van der Waals surface area contributed by atoms with Gasteiger partial charge >= 0.3 is 5.97 Å². The lowest BCUT2D eigenvalue weighted by Gasteiger charge is -2.26. The maximum absolute atomic E-state index is 11.7. The third kappa shape index (κ3) is 1.52. The van der Waals surface area contributed by atoms with Crippen molar-refractivity contribution in [1.82, 2.24) is 4.98 Å². The lowest BCUT2D eigenvalue weighted by Crippen LogP contribution is -2.26. The Balaban J connectivity index is 2.08. The van der Waals surface area contributed by atoms with Crippen LogP contribution in [0.3, 0.4) is 0 Å². The number of allylic oxidation sites excluding steroid dienone is 1. The zero-order chi connectivity index (χ0) is 14.6. The van der Waals surface area contributed by atoms with Crippen molar-refractivity contribution < 1.29 is 9.90 Å². The van der Waals surface area contributed by atoms with E-state index in [-0.39, 0.29) is 0 Å². The molecule has 2 atom stereocenters. The van der Waals surface area contributed by atoms with E-state index in [1.807, 2.05) is 24.3 Å². The van der Waals surface area contributed by atoms with Gasteiger partial charge in [0.15, 0.2) is 0 Å². The average Bonchev–Trinajstić information content (AvgIpc) is 3.09. The summed E-state index contributed by atoms with van der Waals surface area (Å²) in [6.07, 6.45) is 2.66. The molecule has 0 saturated carbocycles. The molecule has 1 aromatic carbocycles. The highest BCUT2D eigenvalue weighted by Crippen LogP contribution is 2.51. The van der Waals surface area contributed by atoms with Crippen LogP contribution in [0, 0.1) is 17.2 Å². The molecule has 2 N–H and O–H groups in total. The molecule has 4 rings (SSSR count). The molecule has 4 heteroatoms. The summed E-state index contributed by atoms with van der Waals surface area (Å²) in [6, 6.07) is 10.1. The Labute approximate surface area is 121 Å². The van der Waals surface area contributed by atoms with Gasteiger partial charge in [0.2, 0.25) is 0 Å². The first-order chi connectivity index (χ1) is 10.2. The molecule has 1 aromatic heterocycles. The van der Waals surface area contributed by atoms with E-state index in [0.29, 0.717) is 0 Å². The first kappa shape index (κ1) is 12.2. The van der Waals surface area contributed by atoms with Crippen molar-refractivity contribution >= 4 is 22.4 Å². The van der Waals surface area contributed by atoms with Gasteiger partial charge in [-0.1, -0.05) is 18.2 Å². The minimum absolute atomic E-state index is 0.606. The Morgan fingerprint density at radius 1 is 1.33 bits per heavy atom. The normalized spacial score (nSPS) is 23.8. The molecule has 2 aliphatic rings. The number of H-pyrrole nitrogens is 1. The van der Waals surface area contributed by atoms with Crippen LogP contribution in [-0.4, -0.2) is 16.1 Å². The number of para-hydroxylation sites is 1. The van der Waals surface area contributed by atoms with Gasteiger partial charge in [0.05, 0.1) is 17.9 Å². The Kier molecular flexibility index (Phi) is 2.46. The van der Waals surface area contributed by atoms with E-state index in [1.165, 1.54) is 0 Å². The van der Waals surface area contributed by atoms with Crippen LogP contribution in [0.5, 0.6) is 0 Å². The number of hydrogen-bond acceptors (Lipinski definition) is 2. The largest absolute Gasteiger partial charge is 0.481 e. The molecular formula is C17H14N2O2. The van der Waals surface area contributed by atoms with Crippen LogP contribution in [0.2, 0.25) is 0 Å². The molecule has 0 fully saturated rings. The zero-order valence-corrected chi connectivity index (χ0v) is 11.4. The number of carbonyl (C=O) groups is 1. The standard InChI is InChI=1S/C17H14N2O2/c18-8-12-14-11-4-1-2-7-13(11)19-16(14)10-6-3-5-9(10)15(12)17(20)21/h1-2,4,7,12,15,19H,3,5-6H2,(H,20,21). The molecule has 0 radical (unpaired) electrons. The van der Waals surface area contributed by atoms with Gasteiger partial charge in [-0.3, -0.25) is 4.79 Å². The molecule has 0 aliphatic heterocycles. The first-order valence-corrected chi connectivity index (χ1v) is 7.17. The van der Waals surface area contributed by atoms with Crippen molar-refractivity contribution in [1.29, 1.82) is 5.26 Å². The monoisotopic (exact) mass is 278 g/mol. The number of aromatic nitrogens is 1. The zero-order valence-electron chi connectivity index (χ0n) is 11.4. The van der Waals surface area contributed by atoms with Gasteiger partial charge in [0.25, 0.3) is 0 Å². The first-order valence-electron chi connectivity index (χ1n) is 7.17. The maximum atomic E-state index is 11.7. The summed E-state index contributed by atoms with van der Waals surface area (Å²) in [4.78, 5) is 15.1. The van der Waals surface area contributed by atoms with Crippen LogP contribution in [0.4, 0.5) is 0 Å². The van der Waals surface area contributed by atoms with E-state index >= 15 is 0 Å². The summed E-state index contributed by atoms with van der Waals surface area (Å²) >= 11 is 0. The Bertz CT molecular complexity index is 838. The topological polar surface area (TPSA) is 76.9 Å². The van der Waals surface area contributed by atoms with Gasteiger partial charge in [0, 0.05) is 22.2 Å². The maximum Gasteiger partial charge on any atom is 0.312 e. The highest BCUT2D eigenvalue weighted by molar-refractivity contribution is 5.95. The second-order valence-corrected chi connectivity index (χ2v) is 5.74. The summed E-state index contributed by atoms with van der Waals surface area (Å²) in [5.74, 6) is -2.18. The quantitative estimate of drug-likeness (QED) is 0.839. The summed E-state index contributed by atoms with van der Waals surface area (Å²) in [7, 11) is 0. The van der Waals surface area contributed by atoms with Gasteiger partial charge in [-0.2, -0.15) is 5.26 Å². The number of hydrogen-bond donors (Lipinski definition) is 2. The van der Waals surface area contributed by atoms with Crippen molar-refractivity contribution in [3.63, 3.8) is 0 Å². The van der Waals surface area contributed by atoms with E-state index in [1.54, 1.807) is 0 Å². The molecule has 21 heavy (non-hydrogen) atoms. The molecule has 2 aromatic rings. The fourth-order valence-corrected chi connectivity index (χ4v) is 3.92. The van der Waals surface area contributed by atoms with Gasteiger partial charge in [0.1, 0.15) is 0 Å². The van der Waals surface area contributed by atoms with Crippen molar-refractivity contribution in [2.24, 2.45) is 5.92 Å². The van der Waals surface area contributed by atoms with Crippen molar-refractivity contribution in [2.75, 3.05) is 0 Å². The number of nitrogens with one attached hydrogen (secondary N) is 1. The molecule has 104 valence electrons. The Morgan fingerprint density at radius 2 is 2.14 bits per heavy atom. The average molecular weight is 278 g/mol. The Hall–Kier alpha value is -2.54.